The molecule has 0 aliphatic rings. The van der Waals surface area contributed by atoms with Gasteiger partial charge in [-0.15, -0.1) is 24.0 Å². The van der Waals surface area contributed by atoms with Crippen molar-refractivity contribution in [3.8, 4) is 0 Å². The van der Waals surface area contributed by atoms with Crippen LogP contribution in [-0.4, -0.2) is 47.7 Å². The van der Waals surface area contributed by atoms with Gasteiger partial charge in [0, 0.05) is 38.3 Å². The largest absolute Gasteiger partial charge is 0.467 e. The Bertz CT molecular complexity index is 847. The zero-order chi connectivity index (χ0) is 20.2. The van der Waals surface area contributed by atoms with Gasteiger partial charge in [0.1, 0.15) is 12.4 Å². The van der Waals surface area contributed by atoms with Crippen molar-refractivity contribution in [2.75, 3.05) is 33.3 Å². The van der Waals surface area contributed by atoms with Crippen LogP contribution in [0.5, 0.6) is 0 Å². The van der Waals surface area contributed by atoms with Gasteiger partial charge in [0.05, 0.1) is 11.2 Å². The van der Waals surface area contributed by atoms with E-state index in [1.807, 2.05) is 12.1 Å². The predicted octanol–water partition coefficient (Wildman–Crippen LogP) is 2.60. The molecule has 0 bridgehead atoms. The van der Waals surface area contributed by atoms with Gasteiger partial charge in [-0.1, -0.05) is 17.7 Å². The van der Waals surface area contributed by atoms with Crippen molar-refractivity contribution in [3.63, 3.8) is 0 Å². The molecule has 2 rings (SSSR count). The van der Waals surface area contributed by atoms with E-state index in [1.165, 1.54) is 12.1 Å². The molecule has 3 N–H and O–H groups in total. The Morgan fingerprint density at radius 3 is 2.66 bits per heavy atom. The van der Waals surface area contributed by atoms with E-state index in [4.69, 9.17) is 20.8 Å². The number of halogens is 2. The van der Waals surface area contributed by atoms with Crippen LogP contribution in [0.2, 0.25) is 5.02 Å². The topological polar surface area (TPSA) is 105 Å². The van der Waals surface area contributed by atoms with Crippen LogP contribution >= 0.6 is 35.6 Å². The van der Waals surface area contributed by atoms with Crippen LogP contribution in [0.4, 0.5) is 0 Å². The summed E-state index contributed by atoms with van der Waals surface area (Å²) in [6, 6.07) is 9.82. The summed E-state index contributed by atoms with van der Waals surface area (Å²) in [6.07, 6.45) is 2.41. The lowest BCUT2D eigenvalue weighted by molar-refractivity contribution is 0.105. The van der Waals surface area contributed by atoms with Crippen LogP contribution in [-0.2, 0) is 21.4 Å². The van der Waals surface area contributed by atoms with Crippen LogP contribution in [0.1, 0.15) is 12.2 Å². The van der Waals surface area contributed by atoms with Gasteiger partial charge in [-0.3, -0.25) is 4.99 Å². The van der Waals surface area contributed by atoms with Gasteiger partial charge in [-0.2, -0.15) is 0 Å². The highest BCUT2D eigenvalue weighted by molar-refractivity contribution is 14.0. The maximum Gasteiger partial charge on any atom is 0.240 e. The summed E-state index contributed by atoms with van der Waals surface area (Å²) in [5.41, 5.74) is 0. The Balaban J connectivity index is 0.00000420. The molecule has 2 aromatic rings. The molecule has 0 atom stereocenters. The van der Waals surface area contributed by atoms with Crippen molar-refractivity contribution in [2.45, 2.75) is 17.9 Å². The summed E-state index contributed by atoms with van der Waals surface area (Å²) in [5, 5.41) is 6.56. The van der Waals surface area contributed by atoms with E-state index in [9.17, 15) is 8.42 Å². The summed E-state index contributed by atoms with van der Waals surface area (Å²) >= 11 is 5.84. The second-order valence-electron chi connectivity index (χ2n) is 5.77. The smallest absolute Gasteiger partial charge is 0.240 e. The van der Waals surface area contributed by atoms with Crippen molar-refractivity contribution in [1.29, 1.82) is 0 Å². The van der Waals surface area contributed by atoms with Gasteiger partial charge in [-0.05, 0) is 36.8 Å². The molecule has 1 aromatic heterocycles. The molecule has 0 saturated heterocycles. The quantitative estimate of drug-likeness (QED) is 0.170. The molecule has 1 heterocycles. The average Bonchev–Trinajstić information content (AvgIpc) is 3.19. The second-order valence-corrected chi connectivity index (χ2v) is 7.97. The lowest BCUT2D eigenvalue weighted by Gasteiger charge is -2.12. The molecule has 8 nitrogen and oxygen atoms in total. The van der Waals surface area contributed by atoms with Gasteiger partial charge >= 0.3 is 0 Å². The second kappa shape index (κ2) is 13.8. The van der Waals surface area contributed by atoms with Crippen molar-refractivity contribution in [3.05, 3.63) is 53.4 Å². The van der Waals surface area contributed by atoms with E-state index in [1.54, 1.807) is 25.4 Å². The molecule has 0 radical (unpaired) electrons. The lowest BCUT2D eigenvalue weighted by Crippen LogP contribution is -2.41. The zero-order valence-electron chi connectivity index (χ0n) is 16.1. The monoisotopic (exact) mass is 556 g/mol. The number of sulfonamides is 1. The van der Waals surface area contributed by atoms with Crippen LogP contribution in [0.3, 0.4) is 0 Å². The van der Waals surface area contributed by atoms with Crippen molar-refractivity contribution >= 4 is 51.6 Å². The molecular formula is C18H26ClIN4O4S. The Morgan fingerprint density at radius 2 is 1.97 bits per heavy atom. The minimum absolute atomic E-state index is 0. The molecule has 0 spiro atoms. The third-order valence-electron chi connectivity index (χ3n) is 3.62. The fraction of sp³-hybridized carbons (Fsp3) is 0.389. The number of benzene rings is 1. The van der Waals surface area contributed by atoms with E-state index < -0.39 is 10.0 Å². The normalized spacial score (nSPS) is 11.7. The summed E-state index contributed by atoms with van der Waals surface area (Å²) in [6.45, 7) is 2.30. The first-order chi connectivity index (χ1) is 13.5. The number of rotatable bonds is 11. The van der Waals surface area contributed by atoms with Gasteiger partial charge < -0.3 is 19.8 Å². The number of furan rings is 1. The zero-order valence-corrected chi connectivity index (χ0v) is 20.0. The number of guanidine groups is 1. The Labute approximate surface area is 193 Å². The summed E-state index contributed by atoms with van der Waals surface area (Å²) in [4.78, 5) is 4.23. The lowest BCUT2D eigenvalue weighted by atomic mass is 10.4. The Kier molecular flexibility index (Phi) is 12.2. The maximum absolute atomic E-state index is 12.2. The molecule has 0 fully saturated rings. The number of ether oxygens (including phenoxy) is 1. The Hall–Kier alpha value is -1.34. The van der Waals surface area contributed by atoms with Crippen LogP contribution in [0.25, 0.3) is 0 Å². The van der Waals surface area contributed by atoms with E-state index in [0.29, 0.717) is 37.3 Å². The fourth-order valence-corrected chi connectivity index (χ4v) is 3.59. The van der Waals surface area contributed by atoms with Gasteiger partial charge in [0.25, 0.3) is 0 Å². The standard InChI is InChI=1S/C18H25ClN4O4S.HI/c1-20-18(21-8-4-11-26-14-16-6-3-12-27-16)22-9-10-23-28(24,25)17-7-2-5-15(19)13-17;/h2-3,5-7,12-13,23H,4,8-11,14H2,1H3,(H2,20,21,22);1H. The fourth-order valence-electron chi connectivity index (χ4n) is 2.25. The van der Waals surface area contributed by atoms with E-state index in [2.05, 4.69) is 20.3 Å². The minimum atomic E-state index is -3.59. The number of nitrogens with zero attached hydrogens (tertiary/aromatic N) is 1. The van der Waals surface area contributed by atoms with Crippen molar-refractivity contribution < 1.29 is 17.6 Å². The molecule has 0 aliphatic carbocycles. The minimum Gasteiger partial charge on any atom is -0.467 e. The molecule has 0 amide bonds. The van der Waals surface area contributed by atoms with Crippen molar-refractivity contribution in [1.82, 2.24) is 15.4 Å². The number of hydrogen-bond donors (Lipinski definition) is 3. The van der Waals surface area contributed by atoms with E-state index in [-0.39, 0.29) is 35.4 Å². The Morgan fingerprint density at radius 1 is 1.17 bits per heavy atom. The molecule has 0 aliphatic heterocycles. The molecular weight excluding hydrogens is 531 g/mol. The van der Waals surface area contributed by atoms with Crippen molar-refractivity contribution in [2.24, 2.45) is 4.99 Å². The van der Waals surface area contributed by atoms with E-state index in [0.717, 1.165) is 12.2 Å². The summed E-state index contributed by atoms with van der Waals surface area (Å²) in [7, 11) is -1.94. The number of aliphatic imine (C=N–C) groups is 1. The van der Waals surface area contributed by atoms with Crippen LogP contribution in [0.15, 0.2) is 57.0 Å². The average molecular weight is 557 g/mol. The number of nitrogens with one attached hydrogen (secondary N) is 3. The molecule has 162 valence electrons. The highest BCUT2D eigenvalue weighted by atomic mass is 127. The van der Waals surface area contributed by atoms with Crippen LogP contribution in [0, 0.1) is 0 Å². The molecule has 29 heavy (non-hydrogen) atoms. The maximum atomic E-state index is 12.2. The first-order valence-electron chi connectivity index (χ1n) is 8.81. The molecule has 0 unspecified atom stereocenters. The van der Waals surface area contributed by atoms with Gasteiger partial charge in [0.15, 0.2) is 5.96 Å². The molecule has 11 heteroatoms. The highest BCUT2D eigenvalue weighted by Crippen LogP contribution is 2.14. The predicted molar refractivity (Wildman–Crippen MR) is 124 cm³/mol. The first kappa shape index (κ1) is 25.7. The van der Waals surface area contributed by atoms with Crippen LogP contribution < -0.4 is 15.4 Å². The summed E-state index contributed by atoms with van der Waals surface area (Å²) < 4.78 is 37.6. The molecule has 0 saturated carbocycles. The first-order valence-corrected chi connectivity index (χ1v) is 10.7. The third-order valence-corrected chi connectivity index (χ3v) is 5.32. The third kappa shape index (κ3) is 9.81. The number of hydrogen-bond acceptors (Lipinski definition) is 5. The van der Waals surface area contributed by atoms with Gasteiger partial charge in [-0.25, -0.2) is 13.1 Å². The summed E-state index contributed by atoms with van der Waals surface area (Å²) in [5.74, 6) is 1.39. The van der Waals surface area contributed by atoms with Gasteiger partial charge in [0.2, 0.25) is 10.0 Å². The highest BCUT2D eigenvalue weighted by Gasteiger charge is 2.13. The SMILES string of the molecule is CN=C(NCCCOCc1ccco1)NCCNS(=O)(=O)c1cccc(Cl)c1.I. The molecule has 1 aromatic carbocycles. The van der Waals surface area contributed by atoms with E-state index >= 15 is 0 Å².